The summed E-state index contributed by atoms with van der Waals surface area (Å²) in [5.74, 6) is -0.316. The van der Waals surface area contributed by atoms with Gasteiger partial charge in [-0.25, -0.2) is 9.59 Å². The Hall–Kier alpha value is -3.06. The van der Waals surface area contributed by atoms with Crippen molar-refractivity contribution in [1.29, 1.82) is 0 Å². The predicted molar refractivity (Wildman–Crippen MR) is 115 cm³/mol. The first-order valence-electron chi connectivity index (χ1n) is 9.41. The zero-order valence-electron chi connectivity index (χ0n) is 17.4. The lowest BCUT2D eigenvalue weighted by atomic mass is 9.92. The molecule has 0 heterocycles. The Balaban J connectivity index is 2.06. The van der Waals surface area contributed by atoms with Gasteiger partial charge in [0.1, 0.15) is 5.75 Å². The summed E-state index contributed by atoms with van der Waals surface area (Å²) in [6.07, 6.45) is 0. The number of anilines is 1. The van der Waals surface area contributed by atoms with E-state index >= 15 is 0 Å². The molecule has 0 saturated heterocycles. The fourth-order valence-corrected chi connectivity index (χ4v) is 2.85. The van der Waals surface area contributed by atoms with Crippen molar-refractivity contribution in [1.82, 2.24) is 5.32 Å². The van der Waals surface area contributed by atoms with E-state index in [1.807, 2.05) is 19.9 Å². The summed E-state index contributed by atoms with van der Waals surface area (Å²) in [6.45, 7) is 6.83. The van der Waals surface area contributed by atoms with Gasteiger partial charge in [-0.3, -0.25) is 4.79 Å². The summed E-state index contributed by atoms with van der Waals surface area (Å²) < 4.78 is 10.2. The van der Waals surface area contributed by atoms with Crippen molar-refractivity contribution in [3.05, 3.63) is 58.6 Å². The van der Waals surface area contributed by atoms with Crippen LogP contribution in [0.3, 0.4) is 0 Å². The van der Waals surface area contributed by atoms with Crippen LogP contribution in [0.5, 0.6) is 5.75 Å². The second kappa shape index (κ2) is 10.1. The number of ether oxygens (including phenoxy) is 2. The van der Waals surface area contributed by atoms with Gasteiger partial charge in [-0.2, -0.15) is 0 Å². The van der Waals surface area contributed by atoms with Crippen molar-refractivity contribution in [2.75, 3.05) is 18.5 Å². The van der Waals surface area contributed by atoms with E-state index in [0.29, 0.717) is 16.3 Å². The number of benzene rings is 2. The number of carbonyl (C=O) groups is 3. The van der Waals surface area contributed by atoms with Crippen LogP contribution in [0.15, 0.2) is 42.5 Å². The van der Waals surface area contributed by atoms with Gasteiger partial charge in [-0.15, -0.1) is 0 Å². The van der Waals surface area contributed by atoms with Crippen molar-refractivity contribution in [3.8, 4) is 5.75 Å². The quantitative estimate of drug-likeness (QED) is 0.471. The third-order valence-electron chi connectivity index (χ3n) is 4.26. The Morgan fingerprint density at radius 3 is 2.50 bits per heavy atom. The molecule has 0 aliphatic carbocycles. The highest BCUT2D eigenvalue weighted by Crippen LogP contribution is 2.28. The molecule has 2 aromatic carbocycles. The standard InChI is InChI=1S/C22H25ClN2O5/c1-5-29-20(27)13-30-19-12-17(9-10-18(19)23)24-21(28)25-22(3,4)16-8-6-7-15(11-16)14(2)26/h6-12H,5,13H2,1-4H3,(H2,24,25,28). The number of amides is 2. The number of rotatable bonds is 8. The highest BCUT2D eigenvalue weighted by Gasteiger charge is 2.23. The number of hydrogen-bond donors (Lipinski definition) is 2. The monoisotopic (exact) mass is 432 g/mol. The zero-order chi connectivity index (χ0) is 22.3. The Morgan fingerprint density at radius 1 is 1.10 bits per heavy atom. The van der Waals surface area contributed by atoms with Crippen LogP contribution < -0.4 is 15.4 Å². The summed E-state index contributed by atoms with van der Waals surface area (Å²) in [5.41, 5.74) is 1.07. The molecule has 2 N–H and O–H groups in total. The smallest absolute Gasteiger partial charge is 0.344 e. The summed E-state index contributed by atoms with van der Waals surface area (Å²) >= 11 is 6.09. The number of halogens is 1. The van der Waals surface area contributed by atoms with Crippen LogP contribution in [0, 0.1) is 0 Å². The van der Waals surface area contributed by atoms with E-state index in [-0.39, 0.29) is 24.7 Å². The van der Waals surface area contributed by atoms with Gasteiger partial charge in [0.2, 0.25) is 0 Å². The van der Waals surface area contributed by atoms with Crippen LogP contribution in [0.2, 0.25) is 5.02 Å². The minimum absolute atomic E-state index is 0.0476. The van der Waals surface area contributed by atoms with Crippen molar-refractivity contribution in [2.45, 2.75) is 33.2 Å². The molecule has 0 fully saturated rings. The first kappa shape index (κ1) is 23.2. The lowest BCUT2D eigenvalue weighted by Crippen LogP contribution is -2.43. The fourth-order valence-electron chi connectivity index (χ4n) is 2.68. The molecule has 8 heteroatoms. The molecule has 30 heavy (non-hydrogen) atoms. The first-order valence-corrected chi connectivity index (χ1v) is 9.78. The first-order chi connectivity index (χ1) is 14.1. The molecule has 0 unspecified atom stereocenters. The van der Waals surface area contributed by atoms with Gasteiger partial charge in [0.15, 0.2) is 12.4 Å². The number of nitrogens with one attached hydrogen (secondary N) is 2. The SMILES string of the molecule is CCOC(=O)COc1cc(NC(=O)NC(C)(C)c2cccc(C(C)=O)c2)ccc1Cl. The van der Waals surface area contributed by atoms with E-state index in [1.165, 1.54) is 13.0 Å². The van der Waals surface area contributed by atoms with Gasteiger partial charge in [-0.1, -0.05) is 29.8 Å². The van der Waals surface area contributed by atoms with E-state index in [9.17, 15) is 14.4 Å². The van der Waals surface area contributed by atoms with Crippen LogP contribution in [0.25, 0.3) is 0 Å². The highest BCUT2D eigenvalue weighted by molar-refractivity contribution is 6.32. The van der Waals surface area contributed by atoms with E-state index < -0.39 is 17.5 Å². The van der Waals surface area contributed by atoms with E-state index in [1.54, 1.807) is 37.3 Å². The Bertz CT molecular complexity index is 943. The molecular weight excluding hydrogens is 408 g/mol. The second-order valence-electron chi connectivity index (χ2n) is 7.08. The van der Waals surface area contributed by atoms with Gasteiger partial charge < -0.3 is 20.1 Å². The minimum Gasteiger partial charge on any atom is -0.480 e. The normalized spacial score (nSPS) is 10.8. The van der Waals surface area contributed by atoms with Crippen LogP contribution in [-0.2, 0) is 15.1 Å². The predicted octanol–water partition coefficient (Wildman–Crippen LogP) is 4.54. The molecule has 7 nitrogen and oxygen atoms in total. The third-order valence-corrected chi connectivity index (χ3v) is 4.57. The molecule has 160 valence electrons. The molecule has 0 radical (unpaired) electrons. The maximum Gasteiger partial charge on any atom is 0.344 e. The average molecular weight is 433 g/mol. The fraction of sp³-hybridized carbons (Fsp3) is 0.318. The summed E-state index contributed by atoms with van der Waals surface area (Å²) in [7, 11) is 0. The third kappa shape index (κ3) is 6.49. The zero-order valence-corrected chi connectivity index (χ0v) is 18.1. The molecule has 0 aliphatic heterocycles. The van der Waals surface area contributed by atoms with Gasteiger partial charge in [-0.05, 0) is 51.5 Å². The van der Waals surface area contributed by atoms with Gasteiger partial charge >= 0.3 is 12.0 Å². The molecule has 2 amide bonds. The number of urea groups is 1. The summed E-state index contributed by atoms with van der Waals surface area (Å²) in [4.78, 5) is 35.6. The lowest BCUT2D eigenvalue weighted by Gasteiger charge is -2.27. The Kier molecular flexibility index (Phi) is 7.83. The molecule has 2 aromatic rings. The molecule has 0 bridgehead atoms. The van der Waals surface area contributed by atoms with Crippen LogP contribution >= 0.6 is 11.6 Å². The molecule has 0 atom stereocenters. The van der Waals surface area contributed by atoms with Gasteiger partial charge in [0.05, 0.1) is 17.2 Å². The van der Waals surface area contributed by atoms with Crippen LogP contribution in [0.1, 0.15) is 43.6 Å². The molecule has 0 aromatic heterocycles. The Labute approximate surface area is 180 Å². The molecule has 0 aliphatic rings. The minimum atomic E-state index is -0.731. The Morgan fingerprint density at radius 2 is 1.83 bits per heavy atom. The van der Waals surface area contributed by atoms with E-state index in [4.69, 9.17) is 21.1 Å². The van der Waals surface area contributed by atoms with Crippen LogP contribution in [0.4, 0.5) is 10.5 Å². The van der Waals surface area contributed by atoms with Gasteiger partial charge in [0, 0.05) is 17.3 Å². The molecule has 2 rings (SSSR count). The van der Waals surface area contributed by atoms with Crippen molar-refractivity contribution < 1.29 is 23.9 Å². The summed E-state index contributed by atoms with van der Waals surface area (Å²) in [5, 5.41) is 5.89. The maximum absolute atomic E-state index is 12.5. The van der Waals surface area contributed by atoms with E-state index in [0.717, 1.165) is 5.56 Å². The number of Topliss-reactive ketones (excluding diaryl/α,β-unsaturated/α-hetero) is 1. The highest BCUT2D eigenvalue weighted by atomic mass is 35.5. The van der Waals surface area contributed by atoms with Gasteiger partial charge in [0.25, 0.3) is 0 Å². The molecular formula is C22H25ClN2O5. The van der Waals surface area contributed by atoms with Crippen molar-refractivity contribution in [2.24, 2.45) is 0 Å². The maximum atomic E-state index is 12.5. The summed E-state index contributed by atoms with van der Waals surface area (Å²) in [6, 6.07) is 11.3. The van der Waals surface area contributed by atoms with E-state index in [2.05, 4.69) is 10.6 Å². The molecule has 0 saturated carbocycles. The number of esters is 1. The largest absolute Gasteiger partial charge is 0.480 e. The topological polar surface area (TPSA) is 93.7 Å². The number of hydrogen-bond acceptors (Lipinski definition) is 5. The number of ketones is 1. The van der Waals surface area contributed by atoms with Crippen LogP contribution in [-0.4, -0.2) is 31.0 Å². The average Bonchev–Trinajstić information content (AvgIpc) is 2.68. The van der Waals surface area contributed by atoms with Crippen molar-refractivity contribution >= 4 is 35.1 Å². The number of carbonyl (C=O) groups excluding carboxylic acids is 3. The second-order valence-corrected chi connectivity index (χ2v) is 7.49. The molecule has 0 spiro atoms. The van der Waals surface area contributed by atoms with Crippen molar-refractivity contribution in [3.63, 3.8) is 0 Å². The lowest BCUT2D eigenvalue weighted by molar-refractivity contribution is -0.145.